The summed E-state index contributed by atoms with van der Waals surface area (Å²) in [4.78, 5) is 4.33. The quantitative estimate of drug-likeness (QED) is 0.740. The summed E-state index contributed by atoms with van der Waals surface area (Å²) < 4.78 is 22.5. The minimum absolute atomic E-state index is 0.329. The highest BCUT2D eigenvalue weighted by atomic mass is 19.1. The molecule has 0 aliphatic heterocycles. The van der Waals surface area contributed by atoms with E-state index in [1.54, 1.807) is 25.6 Å². The molecule has 0 N–H and O–H groups in total. The maximum atomic E-state index is 13.6. The van der Waals surface area contributed by atoms with Gasteiger partial charge in [-0.05, 0) is 25.1 Å². The number of benzene rings is 1. The van der Waals surface area contributed by atoms with Crippen molar-refractivity contribution in [3.05, 3.63) is 48.8 Å². The van der Waals surface area contributed by atoms with Gasteiger partial charge in [0, 0.05) is 25.1 Å². The molecule has 0 spiro atoms. The zero-order chi connectivity index (χ0) is 14.8. The summed E-state index contributed by atoms with van der Waals surface area (Å²) in [6.45, 7) is 2.80. The Bertz CT molecular complexity index is 763. The molecule has 21 heavy (non-hydrogen) atoms. The van der Waals surface area contributed by atoms with Crippen LogP contribution in [-0.2, 0) is 6.54 Å². The van der Waals surface area contributed by atoms with Crippen LogP contribution in [0.25, 0.3) is 17.1 Å². The van der Waals surface area contributed by atoms with Gasteiger partial charge in [-0.25, -0.2) is 9.37 Å². The second-order valence-electron chi connectivity index (χ2n) is 4.52. The number of aromatic nitrogens is 4. The lowest BCUT2D eigenvalue weighted by Crippen LogP contribution is -1.98. The first-order chi connectivity index (χ1) is 10.2. The van der Waals surface area contributed by atoms with E-state index in [0.717, 1.165) is 12.2 Å². The van der Waals surface area contributed by atoms with Gasteiger partial charge < -0.3 is 4.74 Å². The second kappa shape index (κ2) is 5.40. The maximum Gasteiger partial charge on any atom is 0.148 e. The van der Waals surface area contributed by atoms with Crippen LogP contribution in [0, 0.1) is 5.82 Å². The number of nitrogens with zero attached hydrogens (tertiary/aromatic N) is 4. The molecule has 2 heterocycles. The van der Waals surface area contributed by atoms with Gasteiger partial charge in [-0.2, -0.15) is 5.10 Å². The van der Waals surface area contributed by atoms with Gasteiger partial charge in [0.25, 0.3) is 0 Å². The SMILES string of the molecule is CCn1cc(-n2ccnc2-c2cc(F)ccc2OC)cn1. The summed E-state index contributed by atoms with van der Waals surface area (Å²) in [6, 6.07) is 4.38. The van der Waals surface area contributed by atoms with Crippen LogP contribution in [0.15, 0.2) is 43.0 Å². The van der Waals surface area contributed by atoms with Gasteiger partial charge in [0.05, 0.1) is 24.6 Å². The van der Waals surface area contributed by atoms with Crippen molar-refractivity contribution >= 4 is 0 Å². The molecule has 108 valence electrons. The molecule has 0 saturated carbocycles. The van der Waals surface area contributed by atoms with Gasteiger partial charge in [0.15, 0.2) is 0 Å². The standard InChI is InChI=1S/C15H15FN4O/c1-3-19-10-12(9-18-19)20-7-6-17-15(20)13-8-11(16)4-5-14(13)21-2/h4-10H,3H2,1-2H3. The van der Waals surface area contributed by atoms with Crippen molar-refractivity contribution in [1.29, 1.82) is 0 Å². The summed E-state index contributed by atoms with van der Waals surface area (Å²) in [6.07, 6.45) is 7.15. The molecule has 2 aromatic heterocycles. The fourth-order valence-electron chi connectivity index (χ4n) is 2.22. The van der Waals surface area contributed by atoms with E-state index in [9.17, 15) is 4.39 Å². The third kappa shape index (κ3) is 2.40. The van der Waals surface area contributed by atoms with E-state index >= 15 is 0 Å². The first kappa shape index (κ1) is 13.4. The fourth-order valence-corrected chi connectivity index (χ4v) is 2.22. The molecule has 0 amide bonds. The summed E-state index contributed by atoms with van der Waals surface area (Å²) in [7, 11) is 1.55. The van der Waals surface area contributed by atoms with E-state index in [-0.39, 0.29) is 5.82 Å². The Labute approximate surface area is 121 Å². The van der Waals surface area contributed by atoms with Crippen LogP contribution in [-0.4, -0.2) is 26.4 Å². The van der Waals surface area contributed by atoms with E-state index in [4.69, 9.17) is 4.74 Å². The lowest BCUT2D eigenvalue weighted by atomic mass is 10.2. The number of ether oxygens (including phenoxy) is 1. The smallest absolute Gasteiger partial charge is 0.148 e. The van der Waals surface area contributed by atoms with Crippen molar-refractivity contribution in [1.82, 2.24) is 19.3 Å². The van der Waals surface area contributed by atoms with E-state index in [2.05, 4.69) is 10.1 Å². The van der Waals surface area contributed by atoms with Crippen molar-refractivity contribution < 1.29 is 9.13 Å². The van der Waals surface area contributed by atoms with Gasteiger partial charge in [-0.15, -0.1) is 0 Å². The molecule has 3 rings (SSSR count). The minimum Gasteiger partial charge on any atom is -0.496 e. The largest absolute Gasteiger partial charge is 0.496 e. The van der Waals surface area contributed by atoms with Gasteiger partial charge in [-0.1, -0.05) is 0 Å². The number of hydrogen-bond donors (Lipinski definition) is 0. The molecule has 0 aliphatic carbocycles. The molecule has 0 bridgehead atoms. The van der Waals surface area contributed by atoms with Crippen LogP contribution < -0.4 is 4.74 Å². The zero-order valence-electron chi connectivity index (χ0n) is 11.8. The van der Waals surface area contributed by atoms with Crippen molar-refractivity contribution in [2.45, 2.75) is 13.5 Å². The van der Waals surface area contributed by atoms with Crippen molar-refractivity contribution in [2.75, 3.05) is 7.11 Å². The summed E-state index contributed by atoms with van der Waals surface area (Å²) in [5.41, 5.74) is 1.47. The molecule has 1 aromatic carbocycles. The number of rotatable bonds is 4. The van der Waals surface area contributed by atoms with Gasteiger partial charge in [0.2, 0.25) is 0 Å². The highest BCUT2D eigenvalue weighted by Crippen LogP contribution is 2.30. The Kier molecular flexibility index (Phi) is 3.43. The normalized spacial score (nSPS) is 10.8. The molecule has 0 aliphatic rings. The van der Waals surface area contributed by atoms with Crippen LogP contribution in [0.1, 0.15) is 6.92 Å². The summed E-state index contributed by atoms with van der Waals surface area (Å²) in [5, 5.41) is 4.25. The average molecular weight is 286 g/mol. The first-order valence-electron chi connectivity index (χ1n) is 6.63. The van der Waals surface area contributed by atoms with E-state index < -0.39 is 0 Å². The third-order valence-electron chi connectivity index (χ3n) is 3.26. The number of aryl methyl sites for hydroxylation is 1. The minimum atomic E-state index is -0.329. The van der Waals surface area contributed by atoms with Crippen LogP contribution in [0.5, 0.6) is 5.75 Å². The van der Waals surface area contributed by atoms with E-state index in [1.165, 1.54) is 12.1 Å². The average Bonchev–Trinajstić information content (AvgIpc) is 3.15. The number of methoxy groups -OCH3 is 1. The Morgan fingerprint density at radius 1 is 1.33 bits per heavy atom. The van der Waals surface area contributed by atoms with Gasteiger partial charge in [-0.3, -0.25) is 9.25 Å². The molecule has 0 radical (unpaired) electrons. The summed E-state index contributed by atoms with van der Waals surface area (Å²) in [5.74, 6) is 0.860. The lowest BCUT2D eigenvalue weighted by molar-refractivity contribution is 0.415. The number of halogens is 1. The Balaban J connectivity index is 2.13. The Morgan fingerprint density at radius 2 is 2.19 bits per heavy atom. The molecule has 0 saturated heterocycles. The first-order valence-corrected chi connectivity index (χ1v) is 6.63. The molecule has 5 nitrogen and oxygen atoms in total. The molecule has 0 unspecified atom stereocenters. The molecule has 3 aromatic rings. The molecule has 0 fully saturated rings. The maximum absolute atomic E-state index is 13.6. The van der Waals surface area contributed by atoms with E-state index in [0.29, 0.717) is 17.1 Å². The number of imidazole rings is 1. The van der Waals surface area contributed by atoms with Crippen LogP contribution in [0.3, 0.4) is 0 Å². The third-order valence-corrected chi connectivity index (χ3v) is 3.26. The topological polar surface area (TPSA) is 44.9 Å². The fraction of sp³-hybridized carbons (Fsp3) is 0.200. The molecule has 0 atom stereocenters. The lowest BCUT2D eigenvalue weighted by Gasteiger charge is -2.10. The van der Waals surface area contributed by atoms with E-state index in [1.807, 2.05) is 28.6 Å². The Hall–Kier alpha value is -2.63. The van der Waals surface area contributed by atoms with Gasteiger partial charge in [0.1, 0.15) is 17.4 Å². The molecular formula is C15H15FN4O. The van der Waals surface area contributed by atoms with Crippen molar-refractivity contribution in [2.24, 2.45) is 0 Å². The highest BCUT2D eigenvalue weighted by Gasteiger charge is 2.14. The van der Waals surface area contributed by atoms with Crippen LogP contribution >= 0.6 is 0 Å². The second-order valence-corrected chi connectivity index (χ2v) is 4.52. The molecular weight excluding hydrogens is 271 g/mol. The van der Waals surface area contributed by atoms with Crippen molar-refractivity contribution in [3.63, 3.8) is 0 Å². The van der Waals surface area contributed by atoms with Gasteiger partial charge >= 0.3 is 0 Å². The monoisotopic (exact) mass is 286 g/mol. The Morgan fingerprint density at radius 3 is 2.90 bits per heavy atom. The zero-order valence-corrected chi connectivity index (χ0v) is 11.8. The summed E-state index contributed by atoms with van der Waals surface area (Å²) >= 11 is 0. The van der Waals surface area contributed by atoms with Crippen LogP contribution in [0.2, 0.25) is 0 Å². The predicted octanol–water partition coefficient (Wildman–Crippen LogP) is 2.90. The predicted molar refractivity (Wildman–Crippen MR) is 77.0 cm³/mol. The highest BCUT2D eigenvalue weighted by molar-refractivity contribution is 5.66. The molecule has 6 heteroatoms. The number of hydrogen-bond acceptors (Lipinski definition) is 3. The van der Waals surface area contributed by atoms with Crippen molar-refractivity contribution in [3.8, 4) is 22.8 Å². The van der Waals surface area contributed by atoms with Crippen LogP contribution in [0.4, 0.5) is 4.39 Å².